The summed E-state index contributed by atoms with van der Waals surface area (Å²) in [7, 11) is 5.52. The molecule has 12 nitrogen and oxygen atoms in total. The van der Waals surface area contributed by atoms with Gasteiger partial charge < -0.3 is 47.9 Å². The first-order chi connectivity index (χ1) is 17.6. The molecule has 1 spiro atoms. The quantitative estimate of drug-likeness (QED) is 0.212. The van der Waals surface area contributed by atoms with Crippen molar-refractivity contribution >= 4 is 27.8 Å². The van der Waals surface area contributed by atoms with E-state index in [2.05, 4.69) is 21.2 Å². The number of methoxy groups -OCH3 is 4. The Morgan fingerprint density at radius 1 is 1.08 bits per heavy atom. The Hall–Kier alpha value is -0.900. The molecule has 2 heterocycles. The molecule has 0 unspecified atom stereocenters. The van der Waals surface area contributed by atoms with Crippen LogP contribution in [0.1, 0.15) is 46.0 Å². The van der Waals surface area contributed by atoms with Gasteiger partial charge in [-0.15, -0.1) is 0 Å². The molecule has 3 fully saturated rings. The van der Waals surface area contributed by atoms with E-state index in [1.165, 1.54) is 35.4 Å². The van der Waals surface area contributed by atoms with Crippen molar-refractivity contribution in [3.63, 3.8) is 0 Å². The molecule has 3 aliphatic rings. The van der Waals surface area contributed by atoms with Crippen LogP contribution in [0, 0.1) is 0 Å². The van der Waals surface area contributed by atoms with Crippen molar-refractivity contribution < 1.29 is 52.2 Å². The van der Waals surface area contributed by atoms with Crippen LogP contribution in [-0.4, -0.2) is 107 Å². The van der Waals surface area contributed by atoms with E-state index in [1.807, 2.05) is 0 Å². The fourth-order valence-corrected chi connectivity index (χ4v) is 6.49. The van der Waals surface area contributed by atoms with E-state index in [1.54, 1.807) is 6.92 Å². The summed E-state index contributed by atoms with van der Waals surface area (Å²) in [5, 5.41) is 2.93. The third-order valence-electron chi connectivity index (χ3n) is 7.24. The lowest BCUT2D eigenvalue weighted by atomic mass is 9.78. The first-order valence-corrected chi connectivity index (χ1v) is 13.3. The molecular weight excluding hydrogens is 558 g/mol. The van der Waals surface area contributed by atoms with Crippen molar-refractivity contribution in [1.82, 2.24) is 5.32 Å². The molecular formula is C24H40BrNO11. The first-order valence-electron chi connectivity index (χ1n) is 12.4. The number of rotatable bonds is 11. The van der Waals surface area contributed by atoms with Gasteiger partial charge in [0.05, 0.1) is 19.8 Å². The number of carbonyl (C=O) groups is 2. The van der Waals surface area contributed by atoms with Gasteiger partial charge in [0.15, 0.2) is 5.79 Å². The topological polar surface area (TPSA) is 129 Å². The van der Waals surface area contributed by atoms with Crippen molar-refractivity contribution in [2.24, 2.45) is 0 Å². The second kappa shape index (κ2) is 13.0. The first kappa shape index (κ1) is 30.6. The largest absolute Gasteiger partial charge is 0.465 e. The van der Waals surface area contributed by atoms with E-state index < -0.39 is 52.3 Å². The summed E-state index contributed by atoms with van der Waals surface area (Å²) >= 11 is 3.53. The number of alkyl halides is 1. The Labute approximate surface area is 226 Å². The number of hydrogen-bond donors (Lipinski definition) is 1. The van der Waals surface area contributed by atoms with E-state index in [0.29, 0.717) is 0 Å². The fourth-order valence-electron chi connectivity index (χ4n) is 5.56. The van der Waals surface area contributed by atoms with Crippen molar-refractivity contribution in [3.05, 3.63) is 0 Å². The molecule has 0 aromatic rings. The van der Waals surface area contributed by atoms with Crippen molar-refractivity contribution in [3.8, 4) is 0 Å². The fraction of sp³-hybridized carbons (Fsp3) is 0.917. The molecule has 3 rings (SSSR count). The maximum Gasteiger partial charge on any atom is 0.367 e. The summed E-state index contributed by atoms with van der Waals surface area (Å²) in [5.74, 6) is -3.82. The van der Waals surface area contributed by atoms with Crippen LogP contribution in [0.3, 0.4) is 0 Å². The zero-order valence-corrected chi connectivity index (χ0v) is 24.0. The molecule has 2 saturated heterocycles. The standard InChI is InChI=1S/C24H40BrNO11/c1-15(27)26-19-17(33-13-29-3)18(25)24(32-6,21(28)31-5)37-22(19,2)20(34-14-30-4)16-12-35-23(36-16)10-8-7-9-11-23/h16-20H,7-14H2,1-6H3,(H,26,27)/t16-,17+,18-,19-,20-,22-,24+/m1/s1. The lowest BCUT2D eigenvalue weighted by molar-refractivity contribution is -0.347. The van der Waals surface area contributed by atoms with Crippen LogP contribution in [-0.2, 0) is 52.2 Å². The Morgan fingerprint density at radius 3 is 2.32 bits per heavy atom. The smallest absolute Gasteiger partial charge is 0.367 e. The zero-order chi connectivity index (χ0) is 27.3. The maximum atomic E-state index is 13.2. The van der Waals surface area contributed by atoms with E-state index in [0.717, 1.165) is 32.1 Å². The molecule has 1 aliphatic carbocycles. The van der Waals surface area contributed by atoms with Gasteiger partial charge in [0.2, 0.25) is 5.91 Å². The summed E-state index contributed by atoms with van der Waals surface area (Å²) in [4.78, 5) is 24.7. The van der Waals surface area contributed by atoms with Gasteiger partial charge in [-0.05, 0) is 19.8 Å². The van der Waals surface area contributed by atoms with Gasteiger partial charge in [-0.3, -0.25) is 4.79 Å². The molecule has 7 atom stereocenters. The highest BCUT2D eigenvalue weighted by Gasteiger charge is 2.68. The number of esters is 1. The maximum absolute atomic E-state index is 13.2. The third-order valence-corrected chi connectivity index (χ3v) is 8.36. The summed E-state index contributed by atoms with van der Waals surface area (Å²) in [6, 6.07) is -0.856. The monoisotopic (exact) mass is 597 g/mol. The predicted molar refractivity (Wildman–Crippen MR) is 132 cm³/mol. The minimum absolute atomic E-state index is 0.108. The Balaban J connectivity index is 2.10. The highest BCUT2D eigenvalue weighted by molar-refractivity contribution is 9.09. The molecule has 0 aromatic carbocycles. The number of halogens is 1. The Kier molecular flexibility index (Phi) is 10.7. The Morgan fingerprint density at radius 2 is 1.76 bits per heavy atom. The van der Waals surface area contributed by atoms with Gasteiger partial charge in [-0.1, -0.05) is 22.4 Å². The molecule has 2 aliphatic heterocycles. The van der Waals surface area contributed by atoms with Crippen molar-refractivity contribution in [2.45, 2.75) is 92.3 Å². The number of carbonyl (C=O) groups excluding carboxylic acids is 2. The van der Waals surface area contributed by atoms with E-state index in [9.17, 15) is 9.59 Å². The molecule has 1 N–H and O–H groups in total. The number of ether oxygens (including phenoxy) is 9. The molecule has 13 heteroatoms. The highest BCUT2D eigenvalue weighted by Crippen LogP contribution is 2.48. The van der Waals surface area contributed by atoms with Crippen LogP contribution in [0.5, 0.6) is 0 Å². The molecule has 1 amide bonds. The van der Waals surface area contributed by atoms with Gasteiger partial charge in [-0.2, -0.15) is 0 Å². The molecule has 1 saturated carbocycles. The number of nitrogens with one attached hydrogen (secondary N) is 1. The van der Waals surface area contributed by atoms with Crippen molar-refractivity contribution in [1.29, 1.82) is 0 Å². The van der Waals surface area contributed by atoms with Gasteiger partial charge in [0, 0.05) is 41.1 Å². The zero-order valence-electron chi connectivity index (χ0n) is 22.4. The van der Waals surface area contributed by atoms with Crippen LogP contribution < -0.4 is 5.32 Å². The van der Waals surface area contributed by atoms with Crippen LogP contribution in [0.4, 0.5) is 0 Å². The lowest BCUT2D eigenvalue weighted by Crippen LogP contribution is -2.78. The Bertz CT molecular complexity index is 782. The van der Waals surface area contributed by atoms with Gasteiger partial charge in [0.25, 0.3) is 5.79 Å². The van der Waals surface area contributed by atoms with Crippen LogP contribution in [0.25, 0.3) is 0 Å². The average molecular weight is 598 g/mol. The summed E-state index contributed by atoms with van der Waals surface area (Å²) in [5.41, 5.74) is -1.47. The molecule has 214 valence electrons. The van der Waals surface area contributed by atoms with Crippen molar-refractivity contribution in [2.75, 3.05) is 48.6 Å². The minimum atomic E-state index is -1.96. The molecule has 0 bridgehead atoms. The highest BCUT2D eigenvalue weighted by atomic mass is 79.9. The summed E-state index contributed by atoms with van der Waals surface area (Å²) < 4.78 is 52.6. The molecule has 0 aromatic heterocycles. The van der Waals surface area contributed by atoms with Crippen LogP contribution in [0.2, 0.25) is 0 Å². The third kappa shape index (κ3) is 6.15. The SMILES string of the molecule is COCO[C@H]1[C@@H](Br)[C@@](OC)(C(=O)OC)O[C@@](C)([C@H](OCOC)[C@H]2COC3(CCCCC3)O2)[C@@H]1NC(C)=O. The number of amides is 1. The van der Waals surface area contributed by atoms with Gasteiger partial charge >= 0.3 is 5.97 Å². The molecule has 0 radical (unpaired) electrons. The second-order valence-corrected chi connectivity index (χ2v) is 10.7. The van der Waals surface area contributed by atoms with Gasteiger partial charge in [-0.25, -0.2) is 4.79 Å². The average Bonchev–Trinajstić information content (AvgIpc) is 3.28. The lowest BCUT2D eigenvalue weighted by Gasteiger charge is -2.56. The van der Waals surface area contributed by atoms with E-state index in [-0.39, 0.29) is 26.1 Å². The van der Waals surface area contributed by atoms with E-state index >= 15 is 0 Å². The summed E-state index contributed by atoms with van der Waals surface area (Å²) in [6.07, 6.45) is 2.24. The van der Waals surface area contributed by atoms with Gasteiger partial charge in [0.1, 0.15) is 42.3 Å². The number of hydrogen-bond acceptors (Lipinski definition) is 11. The van der Waals surface area contributed by atoms with Crippen LogP contribution >= 0.6 is 15.9 Å². The summed E-state index contributed by atoms with van der Waals surface area (Å²) in [6.45, 7) is 3.08. The van der Waals surface area contributed by atoms with E-state index in [4.69, 9.17) is 42.6 Å². The second-order valence-electron chi connectivity index (χ2n) is 9.70. The predicted octanol–water partition coefficient (Wildman–Crippen LogP) is 1.61. The minimum Gasteiger partial charge on any atom is -0.465 e. The molecule has 37 heavy (non-hydrogen) atoms. The normalized spacial score (nSPS) is 36.3. The van der Waals surface area contributed by atoms with Crippen LogP contribution in [0.15, 0.2) is 0 Å².